The van der Waals surface area contributed by atoms with Gasteiger partial charge in [0.05, 0.1) is 10.6 Å². The predicted octanol–water partition coefficient (Wildman–Crippen LogP) is 3.86. The minimum Gasteiger partial charge on any atom is -0.264 e. The first-order valence-corrected chi connectivity index (χ1v) is 10.2. The van der Waals surface area contributed by atoms with E-state index in [0.717, 1.165) is 39.1 Å². The number of pyridine rings is 2. The fourth-order valence-corrected chi connectivity index (χ4v) is 4.68. The van der Waals surface area contributed by atoms with Crippen LogP contribution in [0.5, 0.6) is 0 Å². The lowest BCUT2D eigenvalue weighted by atomic mass is 10.0. The van der Waals surface area contributed by atoms with Gasteiger partial charge in [0.25, 0.3) is 0 Å². The third-order valence-corrected chi connectivity index (χ3v) is 6.49. The molecule has 3 rings (SSSR count). The summed E-state index contributed by atoms with van der Waals surface area (Å²) in [5.41, 5.74) is 6.04. The lowest BCUT2D eigenvalue weighted by Crippen LogP contribution is -2.25. The molecule has 3 aromatic rings. The molecular formula is C21H23N3O2S. The molecule has 0 saturated heterocycles. The van der Waals surface area contributed by atoms with E-state index in [4.69, 9.17) is 0 Å². The summed E-state index contributed by atoms with van der Waals surface area (Å²) in [4.78, 5) is 8.87. The van der Waals surface area contributed by atoms with Crippen molar-refractivity contribution in [2.45, 2.75) is 39.1 Å². The van der Waals surface area contributed by atoms with Gasteiger partial charge < -0.3 is 0 Å². The number of hydrogen-bond acceptors (Lipinski definition) is 4. The maximum absolute atomic E-state index is 12.9. The van der Waals surface area contributed by atoms with Gasteiger partial charge in [-0.25, -0.2) is 13.1 Å². The first-order valence-electron chi connectivity index (χ1n) is 8.72. The quantitative estimate of drug-likeness (QED) is 0.728. The van der Waals surface area contributed by atoms with Crippen molar-refractivity contribution in [3.8, 4) is 11.3 Å². The number of hydrogen-bond donors (Lipinski definition) is 1. The van der Waals surface area contributed by atoms with Crippen LogP contribution in [0, 0.1) is 27.7 Å². The molecule has 0 atom stereocenters. The Labute approximate surface area is 160 Å². The third kappa shape index (κ3) is 4.07. The molecule has 0 aliphatic rings. The van der Waals surface area contributed by atoms with E-state index >= 15 is 0 Å². The van der Waals surface area contributed by atoms with E-state index in [9.17, 15) is 8.42 Å². The fourth-order valence-electron chi connectivity index (χ4n) is 3.05. The van der Waals surface area contributed by atoms with E-state index in [-0.39, 0.29) is 6.54 Å². The normalized spacial score (nSPS) is 11.6. The minimum atomic E-state index is -3.61. The molecule has 140 valence electrons. The van der Waals surface area contributed by atoms with Gasteiger partial charge in [0.1, 0.15) is 0 Å². The Hall–Kier alpha value is -2.57. The molecule has 0 aliphatic heterocycles. The van der Waals surface area contributed by atoms with Crippen LogP contribution in [0.4, 0.5) is 0 Å². The molecule has 0 spiro atoms. The second-order valence-corrected chi connectivity index (χ2v) is 8.41. The van der Waals surface area contributed by atoms with Crippen LogP contribution in [0.1, 0.15) is 27.8 Å². The molecule has 0 saturated carbocycles. The highest BCUT2D eigenvalue weighted by Gasteiger charge is 2.21. The lowest BCUT2D eigenvalue weighted by Gasteiger charge is -2.16. The lowest BCUT2D eigenvalue weighted by molar-refractivity contribution is 0.579. The molecule has 1 aromatic carbocycles. The third-order valence-electron chi connectivity index (χ3n) is 4.81. The van der Waals surface area contributed by atoms with Crippen LogP contribution in [0.15, 0.2) is 53.8 Å². The zero-order valence-electron chi connectivity index (χ0n) is 15.9. The zero-order valence-corrected chi connectivity index (χ0v) is 16.8. The highest BCUT2D eigenvalue weighted by atomic mass is 32.2. The standard InChI is InChI=1S/C21H23N3O2S/c1-14-10-15(2)17(4)21(16(14)3)27(25,26)24-12-18-7-8-20(23-11-18)19-6-5-9-22-13-19/h5-11,13,24H,12H2,1-4H3. The zero-order chi connectivity index (χ0) is 19.6. The van der Waals surface area contributed by atoms with Crippen LogP contribution >= 0.6 is 0 Å². The van der Waals surface area contributed by atoms with Gasteiger partial charge in [0, 0.05) is 30.7 Å². The van der Waals surface area contributed by atoms with Crippen LogP contribution in [0.2, 0.25) is 0 Å². The van der Waals surface area contributed by atoms with E-state index in [1.807, 2.05) is 58.0 Å². The topological polar surface area (TPSA) is 72.0 Å². The van der Waals surface area contributed by atoms with E-state index in [1.165, 1.54) is 0 Å². The molecule has 1 N–H and O–H groups in total. The number of benzene rings is 1. The molecule has 2 aromatic heterocycles. The van der Waals surface area contributed by atoms with Gasteiger partial charge in [-0.3, -0.25) is 9.97 Å². The summed E-state index contributed by atoms with van der Waals surface area (Å²) >= 11 is 0. The van der Waals surface area contributed by atoms with E-state index < -0.39 is 10.0 Å². The Balaban J connectivity index is 1.81. The van der Waals surface area contributed by atoms with Crippen molar-refractivity contribution in [2.75, 3.05) is 0 Å². The van der Waals surface area contributed by atoms with Gasteiger partial charge in [0.2, 0.25) is 10.0 Å². The molecule has 27 heavy (non-hydrogen) atoms. The van der Waals surface area contributed by atoms with Crippen LogP contribution in [0.3, 0.4) is 0 Å². The van der Waals surface area contributed by atoms with Crippen molar-refractivity contribution in [1.29, 1.82) is 0 Å². The molecule has 5 nitrogen and oxygen atoms in total. The van der Waals surface area contributed by atoms with Crippen LogP contribution in [-0.4, -0.2) is 18.4 Å². The van der Waals surface area contributed by atoms with Gasteiger partial charge in [-0.2, -0.15) is 0 Å². The van der Waals surface area contributed by atoms with Gasteiger partial charge in [0.15, 0.2) is 0 Å². The summed E-state index contributed by atoms with van der Waals surface area (Å²) in [5.74, 6) is 0. The van der Waals surface area contributed by atoms with Crippen molar-refractivity contribution in [3.63, 3.8) is 0 Å². The van der Waals surface area contributed by atoms with Gasteiger partial charge in [-0.15, -0.1) is 0 Å². The van der Waals surface area contributed by atoms with Crippen molar-refractivity contribution in [1.82, 2.24) is 14.7 Å². The first kappa shape index (κ1) is 19.2. The summed E-state index contributed by atoms with van der Waals surface area (Å²) in [7, 11) is -3.61. The van der Waals surface area contributed by atoms with Crippen molar-refractivity contribution < 1.29 is 8.42 Å². The molecule has 0 radical (unpaired) electrons. The first-order chi connectivity index (χ1) is 12.8. The van der Waals surface area contributed by atoms with Crippen LogP contribution < -0.4 is 4.72 Å². The Morgan fingerprint density at radius 2 is 1.67 bits per heavy atom. The molecule has 0 aliphatic carbocycles. The summed E-state index contributed by atoms with van der Waals surface area (Å²) in [6.07, 6.45) is 5.14. The number of rotatable bonds is 5. The highest BCUT2D eigenvalue weighted by Crippen LogP contribution is 2.26. The molecule has 0 fully saturated rings. The molecule has 6 heteroatoms. The Morgan fingerprint density at radius 3 is 2.22 bits per heavy atom. The second kappa shape index (κ2) is 7.58. The number of sulfonamides is 1. The summed E-state index contributed by atoms with van der Waals surface area (Å²) in [6.45, 7) is 7.75. The minimum absolute atomic E-state index is 0.189. The second-order valence-electron chi connectivity index (χ2n) is 6.71. The monoisotopic (exact) mass is 381 g/mol. The highest BCUT2D eigenvalue weighted by molar-refractivity contribution is 7.89. The molecule has 2 heterocycles. The van der Waals surface area contributed by atoms with E-state index in [2.05, 4.69) is 14.7 Å². The SMILES string of the molecule is Cc1cc(C)c(C)c(S(=O)(=O)NCc2ccc(-c3cccnc3)nc2)c1C. The van der Waals surface area contributed by atoms with Crippen molar-refractivity contribution in [3.05, 3.63) is 76.7 Å². The van der Waals surface area contributed by atoms with Crippen molar-refractivity contribution in [2.24, 2.45) is 0 Å². The summed E-state index contributed by atoms with van der Waals surface area (Å²) in [6, 6.07) is 9.55. The number of aromatic nitrogens is 2. The molecular weight excluding hydrogens is 358 g/mol. The molecule has 0 unspecified atom stereocenters. The predicted molar refractivity (Wildman–Crippen MR) is 107 cm³/mol. The fraction of sp³-hybridized carbons (Fsp3) is 0.238. The van der Waals surface area contributed by atoms with E-state index in [1.54, 1.807) is 18.6 Å². The maximum Gasteiger partial charge on any atom is 0.241 e. The molecule has 0 amide bonds. The smallest absolute Gasteiger partial charge is 0.241 e. The Kier molecular flexibility index (Phi) is 5.39. The van der Waals surface area contributed by atoms with Crippen LogP contribution in [-0.2, 0) is 16.6 Å². The van der Waals surface area contributed by atoms with Gasteiger partial charge >= 0.3 is 0 Å². The Bertz CT molecular complexity index is 1030. The summed E-state index contributed by atoms with van der Waals surface area (Å²) < 4.78 is 28.5. The maximum atomic E-state index is 12.9. The Morgan fingerprint density at radius 1 is 0.963 bits per heavy atom. The summed E-state index contributed by atoms with van der Waals surface area (Å²) in [5, 5.41) is 0. The van der Waals surface area contributed by atoms with Crippen LogP contribution in [0.25, 0.3) is 11.3 Å². The van der Waals surface area contributed by atoms with Gasteiger partial charge in [-0.05, 0) is 73.7 Å². The number of nitrogens with zero attached hydrogens (tertiary/aromatic N) is 2. The average molecular weight is 382 g/mol. The largest absolute Gasteiger partial charge is 0.264 e. The number of nitrogens with one attached hydrogen (secondary N) is 1. The molecule has 0 bridgehead atoms. The number of aryl methyl sites for hydroxylation is 2. The van der Waals surface area contributed by atoms with E-state index in [0.29, 0.717) is 4.90 Å². The van der Waals surface area contributed by atoms with Gasteiger partial charge in [-0.1, -0.05) is 12.1 Å². The van der Waals surface area contributed by atoms with Crippen molar-refractivity contribution >= 4 is 10.0 Å². The average Bonchev–Trinajstić information content (AvgIpc) is 2.66.